The second-order valence-corrected chi connectivity index (χ2v) is 7.58. The average molecular weight is 336 g/mol. The standard InChI is InChI=1S/C17H21FN2O2S/c1-20(9-11-6-7-11)17(22)14-10-23-15(16(21)19-14)8-12-4-2-3-5-13(12)18/h2-5,11,14-15H,6-10H2,1H3,(H,19,21). The summed E-state index contributed by atoms with van der Waals surface area (Å²) in [7, 11) is 1.79. The monoisotopic (exact) mass is 336 g/mol. The van der Waals surface area contributed by atoms with Crippen molar-refractivity contribution in [3.63, 3.8) is 0 Å². The van der Waals surface area contributed by atoms with Crippen LogP contribution in [0, 0.1) is 11.7 Å². The van der Waals surface area contributed by atoms with Crippen molar-refractivity contribution in [2.24, 2.45) is 5.92 Å². The summed E-state index contributed by atoms with van der Waals surface area (Å²) in [5, 5.41) is 2.46. The Bertz CT molecular complexity index is 606. The topological polar surface area (TPSA) is 49.4 Å². The summed E-state index contributed by atoms with van der Waals surface area (Å²) in [5.74, 6) is 0.677. The lowest BCUT2D eigenvalue weighted by Gasteiger charge is -2.31. The molecule has 1 saturated carbocycles. The smallest absolute Gasteiger partial charge is 0.245 e. The minimum absolute atomic E-state index is 0.0258. The number of hydrogen-bond acceptors (Lipinski definition) is 3. The van der Waals surface area contributed by atoms with Gasteiger partial charge in [0.05, 0.1) is 5.25 Å². The molecule has 6 heteroatoms. The van der Waals surface area contributed by atoms with Crippen molar-refractivity contribution in [2.45, 2.75) is 30.6 Å². The number of hydrogen-bond donors (Lipinski definition) is 1. The Morgan fingerprint density at radius 3 is 2.78 bits per heavy atom. The normalized spacial score (nSPS) is 24.2. The van der Waals surface area contributed by atoms with Gasteiger partial charge in [-0.05, 0) is 36.8 Å². The number of rotatable bonds is 5. The zero-order valence-corrected chi connectivity index (χ0v) is 13.9. The quantitative estimate of drug-likeness (QED) is 0.893. The van der Waals surface area contributed by atoms with Crippen molar-refractivity contribution in [1.82, 2.24) is 10.2 Å². The molecule has 124 valence electrons. The largest absolute Gasteiger partial charge is 0.344 e. The molecule has 1 aliphatic heterocycles. The van der Waals surface area contributed by atoms with E-state index in [9.17, 15) is 14.0 Å². The Balaban J connectivity index is 1.55. The Kier molecular flexibility index (Phi) is 4.90. The first-order valence-corrected chi connectivity index (χ1v) is 9.00. The SMILES string of the molecule is CN(CC1CC1)C(=O)C1CSC(Cc2ccccc2F)C(=O)N1. The zero-order chi connectivity index (χ0) is 16.4. The van der Waals surface area contributed by atoms with Crippen molar-refractivity contribution in [3.05, 3.63) is 35.6 Å². The maximum atomic E-state index is 13.7. The molecule has 2 amide bonds. The minimum atomic E-state index is -0.465. The lowest BCUT2D eigenvalue weighted by molar-refractivity contribution is -0.135. The highest BCUT2D eigenvalue weighted by molar-refractivity contribution is 8.00. The van der Waals surface area contributed by atoms with E-state index in [1.807, 2.05) is 0 Å². The van der Waals surface area contributed by atoms with Crippen LogP contribution in [0.15, 0.2) is 24.3 Å². The Hall–Kier alpha value is -1.56. The number of thioether (sulfide) groups is 1. The van der Waals surface area contributed by atoms with E-state index in [2.05, 4.69) is 5.32 Å². The number of nitrogens with zero attached hydrogens (tertiary/aromatic N) is 1. The van der Waals surface area contributed by atoms with Crippen LogP contribution in [-0.2, 0) is 16.0 Å². The molecule has 1 aliphatic carbocycles. The van der Waals surface area contributed by atoms with Gasteiger partial charge in [-0.3, -0.25) is 9.59 Å². The second-order valence-electron chi connectivity index (χ2n) is 6.34. The van der Waals surface area contributed by atoms with Crippen LogP contribution in [-0.4, -0.2) is 47.4 Å². The zero-order valence-electron chi connectivity index (χ0n) is 13.1. The van der Waals surface area contributed by atoms with Crippen LogP contribution in [0.3, 0.4) is 0 Å². The number of carbonyl (C=O) groups is 2. The third-order valence-electron chi connectivity index (χ3n) is 4.34. The van der Waals surface area contributed by atoms with E-state index in [-0.39, 0.29) is 22.9 Å². The fourth-order valence-electron chi connectivity index (χ4n) is 2.79. The predicted octanol–water partition coefficient (Wildman–Crippen LogP) is 1.84. The van der Waals surface area contributed by atoms with Crippen molar-refractivity contribution >= 4 is 23.6 Å². The molecule has 0 radical (unpaired) electrons. The highest BCUT2D eigenvalue weighted by atomic mass is 32.2. The molecule has 23 heavy (non-hydrogen) atoms. The molecular formula is C17H21FN2O2S. The van der Waals surface area contributed by atoms with Crippen molar-refractivity contribution < 1.29 is 14.0 Å². The fourth-order valence-corrected chi connectivity index (χ4v) is 3.95. The van der Waals surface area contributed by atoms with Gasteiger partial charge in [0.2, 0.25) is 11.8 Å². The molecule has 2 aliphatic rings. The summed E-state index contributed by atoms with van der Waals surface area (Å²) in [6.45, 7) is 0.772. The van der Waals surface area contributed by atoms with E-state index in [0.29, 0.717) is 23.7 Å². The molecule has 0 aromatic heterocycles. The van der Waals surface area contributed by atoms with Gasteiger partial charge in [0.1, 0.15) is 11.9 Å². The molecule has 0 bridgehead atoms. The molecule has 2 unspecified atom stereocenters. The molecule has 1 saturated heterocycles. The first-order valence-electron chi connectivity index (χ1n) is 7.95. The van der Waals surface area contributed by atoms with Gasteiger partial charge in [0, 0.05) is 19.3 Å². The lowest BCUT2D eigenvalue weighted by Crippen LogP contribution is -2.55. The molecule has 1 N–H and O–H groups in total. The Morgan fingerprint density at radius 2 is 2.13 bits per heavy atom. The number of carbonyl (C=O) groups excluding carboxylic acids is 2. The third-order valence-corrected chi connectivity index (χ3v) is 5.65. The second kappa shape index (κ2) is 6.91. The van der Waals surface area contributed by atoms with E-state index in [4.69, 9.17) is 0 Å². The predicted molar refractivity (Wildman–Crippen MR) is 88.6 cm³/mol. The molecule has 4 nitrogen and oxygen atoms in total. The fraction of sp³-hybridized carbons (Fsp3) is 0.529. The van der Waals surface area contributed by atoms with Crippen LogP contribution in [0.1, 0.15) is 18.4 Å². The van der Waals surface area contributed by atoms with Crippen LogP contribution in [0.4, 0.5) is 4.39 Å². The number of halogens is 1. The number of nitrogens with one attached hydrogen (secondary N) is 1. The highest BCUT2D eigenvalue weighted by Gasteiger charge is 2.35. The number of likely N-dealkylation sites (N-methyl/N-ethyl adjacent to an activating group) is 1. The molecule has 1 aromatic rings. The average Bonchev–Trinajstić information content (AvgIpc) is 3.34. The van der Waals surface area contributed by atoms with E-state index in [1.165, 1.54) is 30.7 Å². The summed E-state index contributed by atoms with van der Waals surface area (Å²) in [6.07, 6.45) is 2.73. The molecule has 2 fully saturated rings. The summed E-state index contributed by atoms with van der Waals surface area (Å²) >= 11 is 1.44. The van der Waals surface area contributed by atoms with Crippen LogP contribution in [0.2, 0.25) is 0 Å². The van der Waals surface area contributed by atoms with Crippen molar-refractivity contribution in [1.29, 1.82) is 0 Å². The van der Waals surface area contributed by atoms with Crippen LogP contribution >= 0.6 is 11.8 Å². The maximum absolute atomic E-state index is 13.7. The maximum Gasteiger partial charge on any atom is 0.245 e. The third kappa shape index (κ3) is 4.05. The minimum Gasteiger partial charge on any atom is -0.344 e. The molecular weight excluding hydrogens is 315 g/mol. The van der Waals surface area contributed by atoms with Crippen molar-refractivity contribution in [2.75, 3.05) is 19.3 Å². The Morgan fingerprint density at radius 1 is 1.39 bits per heavy atom. The Labute approximate surface area is 139 Å². The summed E-state index contributed by atoms with van der Waals surface area (Å²) in [6, 6.07) is 6.04. The summed E-state index contributed by atoms with van der Waals surface area (Å²) < 4.78 is 13.7. The van der Waals surface area contributed by atoms with Gasteiger partial charge in [0.15, 0.2) is 0 Å². The van der Waals surface area contributed by atoms with E-state index in [0.717, 1.165) is 6.54 Å². The van der Waals surface area contributed by atoms with Crippen LogP contribution in [0.5, 0.6) is 0 Å². The van der Waals surface area contributed by atoms with E-state index >= 15 is 0 Å². The van der Waals surface area contributed by atoms with Gasteiger partial charge in [-0.25, -0.2) is 4.39 Å². The lowest BCUT2D eigenvalue weighted by atomic mass is 10.1. The highest BCUT2D eigenvalue weighted by Crippen LogP contribution is 2.30. The molecule has 1 aromatic carbocycles. The molecule has 0 spiro atoms. The van der Waals surface area contributed by atoms with Gasteiger partial charge in [-0.15, -0.1) is 11.8 Å². The number of benzene rings is 1. The first kappa shape index (κ1) is 16.3. The molecule has 3 rings (SSSR count). The number of amides is 2. The van der Waals surface area contributed by atoms with Gasteiger partial charge in [-0.2, -0.15) is 0 Å². The molecule has 1 heterocycles. The first-order chi connectivity index (χ1) is 11.0. The van der Waals surface area contributed by atoms with Crippen LogP contribution < -0.4 is 5.32 Å². The van der Waals surface area contributed by atoms with Gasteiger partial charge >= 0.3 is 0 Å². The summed E-state index contributed by atoms with van der Waals surface area (Å²) in [4.78, 5) is 26.3. The van der Waals surface area contributed by atoms with Gasteiger partial charge < -0.3 is 10.2 Å². The van der Waals surface area contributed by atoms with Gasteiger partial charge in [0.25, 0.3) is 0 Å². The summed E-state index contributed by atoms with van der Waals surface area (Å²) in [5.41, 5.74) is 0.538. The molecule has 2 atom stereocenters. The van der Waals surface area contributed by atoms with Gasteiger partial charge in [-0.1, -0.05) is 18.2 Å². The van der Waals surface area contributed by atoms with E-state index < -0.39 is 6.04 Å². The van der Waals surface area contributed by atoms with Crippen LogP contribution in [0.25, 0.3) is 0 Å². The van der Waals surface area contributed by atoms with Crippen molar-refractivity contribution in [3.8, 4) is 0 Å². The van der Waals surface area contributed by atoms with E-state index in [1.54, 1.807) is 30.1 Å².